The van der Waals surface area contributed by atoms with Gasteiger partial charge in [-0.3, -0.25) is 14.4 Å². The molecule has 31 heavy (non-hydrogen) atoms. The van der Waals surface area contributed by atoms with Crippen LogP contribution in [0, 0.1) is 0 Å². The van der Waals surface area contributed by atoms with E-state index in [-0.39, 0.29) is 24.7 Å². The lowest BCUT2D eigenvalue weighted by atomic mass is 10.0. The molecule has 1 heterocycles. The van der Waals surface area contributed by atoms with E-state index in [4.69, 9.17) is 4.74 Å². The number of Topliss-reactive ketones (excluding diaryl/α,β-unsaturated/α-hetero) is 1. The lowest BCUT2D eigenvalue weighted by Gasteiger charge is -2.13. The summed E-state index contributed by atoms with van der Waals surface area (Å²) in [5.74, 6) is -1.25. The molecule has 0 aliphatic heterocycles. The number of benzene rings is 3. The first kappa shape index (κ1) is 20.3. The van der Waals surface area contributed by atoms with E-state index < -0.39 is 12.1 Å². The van der Waals surface area contributed by atoms with Gasteiger partial charge < -0.3 is 15.0 Å². The van der Waals surface area contributed by atoms with Gasteiger partial charge >= 0.3 is 5.97 Å². The average Bonchev–Trinajstić information content (AvgIpc) is 3.21. The topological polar surface area (TPSA) is 88.3 Å². The molecule has 0 aliphatic carbocycles. The third-order valence-corrected chi connectivity index (χ3v) is 5.19. The van der Waals surface area contributed by atoms with Crippen molar-refractivity contribution in [1.82, 2.24) is 10.3 Å². The number of aromatic amines is 1. The molecule has 0 aliphatic rings. The Morgan fingerprint density at radius 3 is 2.48 bits per heavy atom. The molecule has 1 amide bonds. The van der Waals surface area contributed by atoms with Crippen LogP contribution in [-0.4, -0.2) is 35.3 Å². The van der Waals surface area contributed by atoms with E-state index in [9.17, 15) is 14.4 Å². The predicted octanol–water partition coefficient (Wildman–Crippen LogP) is 3.79. The zero-order valence-electron chi connectivity index (χ0n) is 17.1. The van der Waals surface area contributed by atoms with E-state index in [1.54, 1.807) is 6.20 Å². The zero-order valence-corrected chi connectivity index (χ0v) is 17.1. The Labute approximate surface area is 179 Å². The first-order valence-corrected chi connectivity index (χ1v) is 10.1. The molecule has 4 aromatic rings. The van der Waals surface area contributed by atoms with E-state index in [1.807, 2.05) is 66.7 Å². The second kappa shape index (κ2) is 8.83. The highest BCUT2D eigenvalue weighted by atomic mass is 16.5. The number of carbonyl (C=O) groups is 3. The first-order valence-electron chi connectivity index (χ1n) is 10.1. The van der Waals surface area contributed by atoms with Crippen LogP contribution in [0.3, 0.4) is 0 Å². The molecule has 1 aromatic heterocycles. The molecule has 0 spiro atoms. The van der Waals surface area contributed by atoms with Gasteiger partial charge in [-0.15, -0.1) is 0 Å². The molecule has 0 fully saturated rings. The standard InChI is InChI=1S/C25H22N2O4/c1-16(25(30)21-14-26-22-12-5-4-11-20(21)22)31-24(29)15-27-23(28)13-18-9-6-8-17-7-2-3-10-19(17)18/h2-12,14,16,26H,13,15H2,1H3,(H,27,28)/t16-/m1/s1. The maximum atomic E-state index is 12.7. The molecule has 1 atom stereocenters. The van der Waals surface area contributed by atoms with Crippen molar-refractivity contribution in [3.63, 3.8) is 0 Å². The van der Waals surface area contributed by atoms with E-state index >= 15 is 0 Å². The largest absolute Gasteiger partial charge is 0.453 e. The fourth-order valence-corrected chi connectivity index (χ4v) is 3.64. The Bertz CT molecular complexity index is 1270. The van der Waals surface area contributed by atoms with Crippen LogP contribution in [0.4, 0.5) is 0 Å². The smallest absolute Gasteiger partial charge is 0.326 e. The summed E-state index contributed by atoms with van der Waals surface area (Å²) in [6.45, 7) is 1.23. The quantitative estimate of drug-likeness (QED) is 0.356. The van der Waals surface area contributed by atoms with Gasteiger partial charge in [0.1, 0.15) is 6.54 Å². The molecule has 2 N–H and O–H groups in total. The summed E-state index contributed by atoms with van der Waals surface area (Å²) >= 11 is 0. The summed E-state index contributed by atoms with van der Waals surface area (Å²) in [6.07, 6.45) is 0.809. The van der Waals surface area contributed by atoms with Crippen molar-refractivity contribution < 1.29 is 19.1 Å². The number of hydrogen-bond donors (Lipinski definition) is 2. The minimum absolute atomic E-state index is 0.151. The van der Waals surface area contributed by atoms with Crippen LogP contribution >= 0.6 is 0 Å². The average molecular weight is 414 g/mol. The minimum atomic E-state index is -0.957. The molecular weight excluding hydrogens is 392 g/mol. The van der Waals surface area contributed by atoms with Crippen LogP contribution in [-0.2, 0) is 20.7 Å². The van der Waals surface area contributed by atoms with Gasteiger partial charge in [-0.1, -0.05) is 60.7 Å². The van der Waals surface area contributed by atoms with Gasteiger partial charge in [0, 0.05) is 22.7 Å². The number of nitrogens with one attached hydrogen (secondary N) is 2. The van der Waals surface area contributed by atoms with Gasteiger partial charge in [0.15, 0.2) is 6.10 Å². The van der Waals surface area contributed by atoms with Crippen LogP contribution in [0.25, 0.3) is 21.7 Å². The number of H-pyrrole nitrogens is 1. The molecule has 0 saturated carbocycles. The van der Waals surface area contributed by atoms with Crippen molar-refractivity contribution in [2.24, 2.45) is 0 Å². The predicted molar refractivity (Wildman–Crippen MR) is 119 cm³/mol. The van der Waals surface area contributed by atoms with Crippen LogP contribution < -0.4 is 5.32 Å². The summed E-state index contributed by atoms with van der Waals surface area (Å²) in [7, 11) is 0. The van der Waals surface area contributed by atoms with Gasteiger partial charge in [-0.2, -0.15) is 0 Å². The van der Waals surface area contributed by atoms with E-state index in [0.717, 1.165) is 27.2 Å². The summed E-state index contributed by atoms with van der Waals surface area (Å²) in [5.41, 5.74) is 2.19. The van der Waals surface area contributed by atoms with E-state index in [2.05, 4.69) is 10.3 Å². The Hall–Kier alpha value is -3.93. The maximum absolute atomic E-state index is 12.7. The van der Waals surface area contributed by atoms with Gasteiger partial charge in [-0.05, 0) is 29.3 Å². The van der Waals surface area contributed by atoms with Crippen LogP contribution in [0.1, 0.15) is 22.8 Å². The third kappa shape index (κ3) is 4.48. The molecule has 0 bridgehead atoms. The number of ether oxygens (including phenoxy) is 1. The Kier molecular flexibility index (Phi) is 5.80. The second-order valence-corrected chi connectivity index (χ2v) is 7.34. The number of amides is 1. The number of aromatic nitrogens is 1. The molecule has 4 rings (SSSR count). The molecule has 156 valence electrons. The maximum Gasteiger partial charge on any atom is 0.326 e. The summed E-state index contributed by atoms with van der Waals surface area (Å²) < 4.78 is 5.24. The number of esters is 1. The van der Waals surface area contributed by atoms with Crippen molar-refractivity contribution in [3.05, 3.63) is 84.1 Å². The zero-order chi connectivity index (χ0) is 21.8. The lowest BCUT2D eigenvalue weighted by Crippen LogP contribution is -2.34. The monoisotopic (exact) mass is 414 g/mol. The highest BCUT2D eigenvalue weighted by molar-refractivity contribution is 6.10. The summed E-state index contributed by atoms with van der Waals surface area (Å²) in [4.78, 5) is 40.2. The third-order valence-electron chi connectivity index (χ3n) is 5.19. The Morgan fingerprint density at radius 2 is 1.65 bits per heavy atom. The highest BCUT2D eigenvalue weighted by Gasteiger charge is 2.22. The number of para-hydroxylation sites is 1. The minimum Gasteiger partial charge on any atom is -0.453 e. The molecule has 0 unspecified atom stereocenters. The Balaban J connectivity index is 1.32. The lowest BCUT2D eigenvalue weighted by molar-refractivity contribution is -0.146. The first-order chi connectivity index (χ1) is 15.0. The van der Waals surface area contributed by atoms with Gasteiger partial charge in [0.05, 0.1) is 6.42 Å². The molecule has 6 heteroatoms. The fourth-order valence-electron chi connectivity index (χ4n) is 3.64. The molecule has 6 nitrogen and oxygen atoms in total. The molecular formula is C25H22N2O4. The second-order valence-electron chi connectivity index (χ2n) is 7.34. The van der Waals surface area contributed by atoms with Gasteiger partial charge in [0.2, 0.25) is 11.7 Å². The number of fused-ring (bicyclic) bond motifs is 2. The molecule has 3 aromatic carbocycles. The summed E-state index contributed by atoms with van der Waals surface area (Å²) in [5, 5.41) is 5.40. The Morgan fingerprint density at radius 1 is 0.935 bits per heavy atom. The van der Waals surface area contributed by atoms with E-state index in [0.29, 0.717) is 5.56 Å². The summed E-state index contributed by atoms with van der Waals surface area (Å²) in [6, 6.07) is 21.0. The van der Waals surface area contributed by atoms with Gasteiger partial charge in [-0.25, -0.2) is 0 Å². The number of rotatable bonds is 7. The van der Waals surface area contributed by atoms with Gasteiger partial charge in [0.25, 0.3) is 0 Å². The number of carbonyl (C=O) groups excluding carboxylic acids is 3. The van der Waals surface area contributed by atoms with Crippen molar-refractivity contribution >= 4 is 39.3 Å². The van der Waals surface area contributed by atoms with Crippen LogP contribution in [0.15, 0.2) is 72.9 Å². The van der Waals surface area contributed by atoms with Crippen molar-refractivity contribution in [2.75, 3.05) is 6.54 Å². The molecule has 0 radical (unpaired) electrons. The fraction of sp³-hybridized carbons (Fsp3) is 0.160. The number of ketones is 1. The van der Waals surface area contributed by atoms with Crippen molar-refractivity contribution in [1.29, 1.82) is 0 Å². The van der Waals surface area contributed by atoms with Crippen molar-refractivity contribution in [3.8, 4) is 0 Å². The van der Waals surface area contributed by atoms with Crippen LogP contribution in [0.2, 0.25) is 0 Å². The molecule has 0 saturated heterocycles. The SMILES string of the molecule is C[C@@H](OC(=O)CNC(=O)Cc1cccc2ccccc12)C(=O)c1c[nH]c2ccccc12. The normalized spacial score (nSPS) is 11.9. The van der Waals surface area contributed by atoms with Crippen molar-refractivity contribution in [2.45, 2.75) is 19.4 Å². The van der Waals surface area contributed by atoms with Crippen LogP contribution in [0.5, 0.6) is 0 Å². The number of hydrogen-bond acceptors (Lipinski definition) is 4. The van der Waals surface area contributed by atoms with E-state index in [1.165, 1.54) is 6.92 Å². The highest BCUT2D eigenvalue weighted by Crippen LogP contribution is 2.20.